The first-order chi connectivity index (χ1) is 8.91. The van der Waals surface area contributed by atoms with E-state index in [2.05, 4.69) is 5.32 Å². The van der Waals surface area contributed by atoms with Crippen molar-refractivity contribution in [2.75, 3.05) is 6.54 Å². The molecule has 4 heteroatoms. The summed E-state index contributed by atoms with van der Waals surface area (Å²) in [5.74, 6) is -0.990. The highest BCUT2D eigenvalue weighted by Crippen LogP contribution is 2.18. The Morgan fingerprint density at radius 2 is 2.05 bits per heavy atom. The summed E-state index contributed by atoms with van der Waals surface area (Å²) >= 11 is 0. The lowest BCUT2D eigenvalue weighted by Gasteiger charge is -2.26. The maximum Gasteiger partial charge on any atom is 0.227 e. The Hall–Kier alpha value is -1.42. The van der Waals surface area contributed by atoms with Gasteiger partial charge in [-0.05, 0) is 37.5 Å². The van der Waals surface area contributed by atoms with Gasteiger partial charge < -0.3 is 10.4 Å². The summed E-state index contributed by atoms with van der Waals surface area (Å²) in [6, 6.07) is 6.01. The molecule has 0 aromatic heterocycles. The molecule has 1 unspecified atom stereocenters. The van der Waals surface area contributed by atoms with E-state index in [1.54, 1.807) is 19.1 Å². The van der Waals surface area contributed by atoms with Gasteiger partial charge in [0.15, 0.2) is 0 Å². The van der Waals surface area contributed by atoms with Crippen LogP contribution in [0, 0.1) is 5.82 Å². The van der Waals surface area contributed by atoms with E-state index in [0.29, 0.717) is 18.4 Å². The minimum atomic E-state index is -0.864. The maximum atomic E-state index is 13.1. The van der Waals surface area contributed by atoms with Crippen LogP contribution < -0.4 is 5.32 Å². The lowest BCUT2D eigenvalue weighted by molar-refractivity contribution is -0.123. The Morgan fingerprint density at radius 3 is 2.58 bits per heavy atom. The zero-order chi connectivity index (χ0) is 14.5. The highest BCUT2D eigenvalue weighted by molar-refractivity contribution is 5.83. The Labute approximate surface area is 113 Å². The molecule has 0 spiro atoms. The van der Waals surface area contributed by atoms with Gasteiger partial charge in [0.25, 0.3) is 0 Å². The van der Waals surface area contributed by atoms with Gasteiger partial charge in [-0.2, -0.15) is 0 Å². The van der Waals surface area contributed by atoms with Crippen LogP contribution in [0.5, 0.6) is 0 Å². The number of rotatable bonds is 6. The minimum Gasteiger partial charge on any atom is -0.388 e. The van der Waals surface area contributed by atoms with E-state index in [9.17, 15) is 14.3 Å². The van der Waals surface area contributed by atoms with Crippen molar-refractivity contribution >= 4 is 5.91 Å². The third-order valence-corrected chi connectivity index (χ3v) is 3.65. The van der Waals surface area contributed by atoms with Crippen molar-refractivity contribution in [2.45, 2.75) is 45.1 Å². The van der Waals surface area contributed by atoms with Crippen LogP contribution in [0.15, 0.2) is 24.3 Å². The van der Waals surface area contributed by atoms with E-state index in [4.69, 9.17) is 0 Å². The molecule has 0 saturated heterocycles. The molecule has 0 aliphatic heterocycles. The Morgan fingerprint density at radius 1 is 1.42 bits per heavy atom. The number of aliphatic hydroxyl groups is 1. The highest BCUT2D eigenvalue weighted by Gasteiger charge is 2.24. The molecule has 1 aromatic rings. The molecule has 1 amide bonds. The van der Waals surface area contributed by atoms with Gasteiger partial charge in [0.05, 0.1) is 11.5 Å². The van der Waals surface area contributed by atoms with Crippen LogP contribution in [0.25, 0.3) is 0 Å². The average molecular weight is 267 g/mol. The van der Waals surface area contributed by atoms with Crippen LogP contribution >= 0.6 is 0 Å². The van der Waals surface area contributed by atoms with Gasteiger partial charge in [-0.1, -0.05) is 26.0 Å². The Balaban J connectivity index is 2.63. The number of hydrogen-bond donors (Lipinski definition) is 2. The van der Waals surface area contributed by atoms with E-state index < -0.39 is 11.5 Å². The summed E-state index contributed by atoms with van der Waals surface area (Å²) in [6.45, 7) is 5.71. The van der Waals surface area contributed by atoms with Crippen molar-refractivity contribution < 1.29 is 14.3 Å². The summed E-state index contributed by atoms with van der Waals surface area (Å²) in [5.41, 5.74) is -0.230. The van der Waals surface area contributed by atoms with Crippen LogP contribution in [-0.4, -0.2) is 23.2 Å². The monoisotopic (exact) mass is 267 g/mol. The largest absolute Gasteiger partial charge is 0.388 e. The number of carbonyl (C=O) groups is 1. The Bertz CT molecular complexity index is 430. The van der Waals surface area contributed by atoms with Gasteiger partial charge >= 0.3 is 0 Å². The van der Waals surface area contributed by atoms with Gasteiger partial charge in [-0.15, -0.1) is 0 Å². The summed E-state index contributed by atoms with van der Waals surface area (Å²) < 4.78 is 13.1. The predicted octanol–water partition coefficient (Wildman–Crippen LogP) is 2.60. The lowest BCUT2D eigenvalue weighted by atomic mass is 9.96. The standard InChI is InChI=1S/C15H22FNO2/c1-4-15(19,5-2)10-17-14(18)11(3)12-7-6-8-13(16)9-12/h6-9,11,19H,4-5,10H2,1-3H3,(H,17,18). The third kappa shape index (κ3) is 4.31. The maximum absolute atomic E-state index is 13.1. The van der Waals surface area contributed by atoms with Crippen LogP contribution in [0.3, 0.4) is 0 Å². The number of carbonyl (C=O) groups excluding carboxylic acids is 1. The van der Waals surface area contributed by atoms with Crippen LogP contribution in [0.4, 0.5) is 4.39 Å². The second-order valence-corrected chi connectivity index (χ2v) is 4.93. The molecule has 0 saturated carbocycles. The van der Waals surface area contributed by atoms with Crippen molar-refractivity contribution in [3.05, 3.63) is 35.6 Å². The molecule has 19 heavy (non-hydrogen) atoms. The van der Waals surface area contributed by atoms with E-state index in [0.717, 1.165) is 0 Å². The van der Waals surface area contributed by atoms with Crippen LogP contribution in [0.2, 0.25) is 0 Å². The molecular formula is C15H22FNO2. The van der Waals surface area contributed by atoms with E-state index in [1.807, 2.05) is 13.8 Å². The van der Waals surface area contributed by atoms with Gasteiger partial charge in [0, 0.05) is 6.54 Å². The number of hydrogen-bond acceptors (Lipinski definition) is 2. The normalized spacial score (nSPS) is 13.1. The quantitative estimate of drug-likeness (QED) is 0.832. The summed E-state index contributed by atoms with van der Waals surface area (Å²) in [6.07, 6.45) is 1.16. The third-order valence-electron chi connectivity index (χ3n) is 3.65. The van der Waals surface area contributed by atoms with Crippen molar-refractivity contribution in [3.8, 4) is 0 Å². The number of benzene rings is 1. The smallest absolute Gasteiger partial charge is 0.227 e. The molecule has 1 atom stereocenters. The molecule has 0 radical (unpaired) electrons. The average Bonchev–Trinajstić information content (AvgIpc) is 2.43. The molecule has 1 rings (SSSR count). The van der Waals surface area contributed by atoms with E-state index in [-0.39, 0.29) is 18.3 Å². The molecule has 0 fully saturated rings. The molecule has 106 valence electrons. The summed E-state index contributed by atoms with van der Waals surface area (Å²) in [5, 5.41) is 12.8. The first-order valence-corrected chi connectivity index (χ1v) is 6.67. The SMILES string of the molecule is CCC(O)(CC)CNC(=O)C(C)c1cccc(F)c1. The first-order valence-electron chi connectivity index (χ1n) is 6.67. The molecule has 1 aromatic carbocycles. The second kappa shape index (κ2) is 6.66. The fraction of sp³-hybridized carbons (Fsp3) is 0.533. The second-order valence-electron chi connectivity index (χ2n) is 4.93. The van der Waals surface area contributed by atoms with Crippen molar-refractivity contribution in [2.24, 2.45) is 0 Å². The van der Waals surface area contributed by atoms with Crippen LogP contribution in [0.1, 0.15) is 45.1 Å². The molecule has 0 bridgehead atoms. The van der Waals surface area contributed by atoms with E-state index in [1.165, 1.54) is 12.1 Å². The highest BCUT2D eigenvalue weighted by atomic mass is 19.1. The number of halogens is 1. The van der Waals surface area contributed by atoms with Crippen molar-refractivity contribution in [1.82, 2.24) is 5.32 Å². The topological polar surface area (TPSA) is 49.3 Å². The number of amides is 1. The molecule has 2 N–H and O–H groups in total. The van der Waals surface area contributed by atoms with Gasteiger partial charge in [0.1, 0.15) is 5.82 Å². The molecule has 3 nitrogen and oxygen atoms in total. The zero-order valence-corrected chi connectivity index (χ0v) is 11.7. The molecule has 0 heterocycles. The fourth-order valence-electron chi connectivity index (χ4n) is 1.83. The number of nitrogens with one attached hydrogen (secondary N) is 1. The first kappa shape index (κ1) is 15.6. The summed E-state index contributed by atoms with van der Waals surface area (Å²) in [4.78, 5) is 12.0. The lowest BCUT2D eigenvalue weighted by Crippen LogP contribution is -2.43. The van der Waals surface area contributed by atoms with E-state index >= 15 is 0 Å². The Kier molecular flexibility index (Phi) is 5.48. The minimum absolute atomic E-state index is 0.203. The molecule has 0 aliphatic rings. The molecular weight excluding hydrogens is 245 g/mol. The van der Waals surface area contributed by atoms with Crippen molar-refractivity contribution in [1.29, 1.82) is 0 Å². The van der Waals surface area contributed by atoms with Gasteiger partial charge in [-0.25, -0.2) is 4.39 Å². The molecule has 0 aliphatic carbocycles. The summed E-state index contributed by atoms with van der Waals surface area (Å²) in [7, 11) is 0. The van der Waals surface area contributed by atoms with Crippen molar-refractivity contribution in [3.63, 3.8) is 0 Å². The van der Waals surface area contributed by atoms with Gasteiger partial charge in [0.2, 0.25) is 5.91 Å². The van der Waals surface area contributed by atoms with Gasteiger partial charge in [-0.3, -0.25) is 4.79 Å². The zero-order valence-electron chi connectivity index (χ0n) is 11.7. The fourth-order valence-corrected chi connectivity index (χ4v) is 1.83. The van der Waals surface area contributed by atoms with Crippen LogP contribution in [-0.2, 0) is 4.79 Å². The predicted molar refractivity (Wildman–Crippen MR) is 73.4 cm³/mol.